The third-order valence-corrected chi connectivity index (χ3v) is 2.18. The van der Waals surface area contributed by atoms with Crippen LogP contribution in [0.25, 0.3) is 0 Å². The molecule has 0 spiro atoms. The van der Waals surface area contributed by atoms with E-state index in [2.05, 4.69) is 0 Å². The lowest BCUT2D eigenvalue weighted by molar-refractivity contribution is 0.141. The zero-order valence-electron chi connectivity index (χ0n) is 4.54. The van der Waals surface area contributed by atoms with Crippen LogP contribution in [0.3, 0.4) is 0 Å². The first-order chi connectivity index (χ1) is 4.11. The Morgan fingerprint density at radius 3 is 2.67 bits per heavy atom. The van der Waals surface area contributed by atoms with Crippen LogP contribution in [0.2, 0.25) is 0 Å². The summed E-state index contributed by atoms with van der Waals surface area (Å²) in [6, 6.07) is 3.46. The third kappa shape index (κ3) is 1.66. The van der Waals surface area contributed by atoms with Crippen LogP contribution in [0.1, 0.15) is 4.88 Å². The molecule has 50 valence electrons. The van der Waals surface area contributed by atoms with E-state index >= 15 is 0 Å². The average molecular weight is 164 g/mol. The first-order valence-corrected chi connectivity index (χ1v) is 3.60. The standard InChI is InChI=1S/C5H6ClNOS/c6-5(7,8)4-2-1-3-9-4/h1-3,8H,7H2. The molecule has 9 heavy (non-hydrogen) atoms. The van der Waals surface area contributed by atoms with Gasteiger partial charge in [-0.1, -0.05) is 17.7 Å². The van der Waals surface area contributed by atoms with Gasteiger partial charge < -0.3 is 5.11 Å². The predicted molar refractivity (Wildman–Crippen MR) is 38.3 cm³/mol. The van der Waals surface area contributed by atoms with Crippen molar-refractivity contribution < 1.29 is 5.11 Å². The van der Waals surface area contributed by atoms with Crippen LogP contribution < -0.4 is 5.73 Å². The summed E-state index contributed by atoms with van der Waals surface area (Å²) in [4.78, 5) is 0.559. The Balaban J connectivity index is 2.90. The third-order valence-electron chi connectivity index (χ3n) is 0.867. The van der Waals surface area contributed by atoms with Gasteiger partial charge in [-0.15, -0.1) is 11.3 Å². The molecule has 1 aromatic rings. The second-order valence-corrected chi connectivity index (χ2v) is 3.17. The number of rotatable bonds is 1. The molecule has 0 aliphatic heterocycles. The minimum absolute atomic E-state index is 0.559. The van der Waals surface area contributed by atoms with E-state index < -0.39 is 5.18 Å². The maximum Gasteiger partial charge on any atom is 0.227 e. The second kappa shape index (κ2) is 2.27. The van der Waals surface area contributed by atoms with E-state index in [1.54, 1.807) is 17.5 Å². The lowest BCUT2D eigenvalue weighted by Gasteiger charge is -2.10. The maximum atomic E-state index is 8.93. The van der Waals surface area contributed by atoms with Crippen molar-refractivity contribution in [2.24, 2.45) is 5.73 Å². The summed E-state index contributed by atoms with van der Waals surface area (Å²) in [6.45, 7) is 0. The van der Waals surface area contributed by atoms with Gasteiger partial charge in [-0.2, -0.15) is 0 Å². The van der Waals surface area contributed by atoms with Crippen molar-refractivity contribution in [1.29, 1.82) is 0 Å². The first kappa shape index (κ1) is 7.02. The quantitative estimate of drug-likeness (QED) is 0.369. The van der Waals surface area contributed by atoms with Crippen LogP contribution in [0.5, 0.6) is 0 Å². The highest BCUT2D eigenvalue weighted by Crippen LogP contribution is 2.23. The highest BCUT2D eigenvalue weighted by atomic mass is 35.5. The van der Waals surface area contributed by atoms with Crippen LogP contribution in [0.15, 0.2) is 17.5 Å². The van der Waals surface area contributed by atoms with E-state index in [0.29, 0.717) is 4.88 Å². The largest absolute Gasteiger partial charge is 0.359 e. The lowest BCUT2D eigenvalue weighted by atomic mass is 10.4. The fourth-order valence-electron chi connectivity index (χ4n) is 0.478. The van der Waals surface area contributed by atoms with Crippen LogP contribution in [0, 0.1) is 0 Å². The van der Waals surface area contributed by atoms with Gasteiger partial charge in [0.15, 0.2) is 0 Å². The second-order valence-electron chi connectivity index (χ2n) is 1.65. The molecule has 0 radical (unpaired) electrons. The molecule has 3 N–H and O–H groups in total. The summed E-state index contributed by atoms with van der Waals surface area (Å²) < 4.78 is 0. The van der Waals surface area contributed by atoms with Gasteiger partial charge >= 0.3 is 0 Å². The number of halogens is 1. The Bertz CT molecular complexity index is 179. The Labute approximate surface area is 61.9 Å². The molecule has 0 saturated heterocycles. The van der Waals surface area contributed by atoms with Crippen LogP contribution in [-0.2, 0) is 5.18 Å². The van der Waals surface area contributed by atoms with Gasteiger partial charge in [0.05, 0.1) is 4.88 Å². The van der Waals surface area contributed by atoms with E-state index in [-0.39, 0.29) is 0 Å². The van der Waals surface area contributed by atoms with E-state index in [9.17, 15) is 0 Å². The molecule has 1 heterocycles. The molecule has 2 nitrogen and oxygen atoms in total. The molecule has 0 aliphatic carbocycles. The Morgan fingerprint density at radius 2 is 2.44 bits per heavy atom. The molecule has 1 rings (SSSR count). The zero-order chi connectivity index (χ0) is 6.91. The van der Waals surface area contributed by atoms with E-state index in [1.165, 1.54) is 11.3 Å². The summed E-state index contributed by atoms with van der Waals surface area (Å²) in [7, 11) is 0. The fraction of sp³-hybridized carbons (Fsp3) is 0.200. The molecule has 1 unspecified atom stereocenters. The van der Waals surface area contributed by atoms with Crippen LogP contribution in [-0.4, -0.2) is 5.11 Å². The lowest BCUT2D eigenvalue weighted by Crippen LogP contribution is -2.27. The molecular weight excluding hydrogens is 158 g/mol. The number of aliphatic hydroxyl groups is 1. The normalized spacial score (nSPS) is 17.2. The van der Waals surface area contributed by atoms with E-state index in [1.807, 2.05) is 0 Å². The molecular formula is C5H6ClNOS. The number of hydrogen-bond donors (Lipinski definition) is 2. The average Bonchev–Trinajstić information content (AvgIpc) is 2.08. The molecule has 4 heteroatoms. The summed E-state index contributed by atoms with van der Waals surface area (Å²) >= 11 is 6.67. The summed E-state index contributed by atoms with van der Waals surface area (Å²) in [6.07, 6.45) is 0. The molecule has 1 atom stereocenters. The van der Waals surface area contributed by atoms with Gasteiger partial charge in [-0.3, -0.25) is 5.73 Å². The van der Waals surface area contributed by atoms with E-state index in [4.69, 9.17) is 22.4 Å². The number of hydrogen-bond acceptors (Lipinski definition) is 3. The van der Waals surface area contributed by atoms with Crippen LogP contribution >= 0.6 is 22.9 Å². The molecule has 0 aromatic carbocycles. The molecule has 0 saturated carbocycles. The van der Waals surface area contributed by atoms with Crippen molar-refractivity contribution in [2.75, 3.05) is 0 Å². The minimum Gasteiger partial charge on any atom is -0.359 e. The smallest absolute Gasteiger partial charge is 0.227 e. The Morgan fingerprint density at radius 1 is 1.78 bits per heavy atom. The molecule has 0 fully saturated rings. The van der Waals surface area contributed by atoms with Gasteiger partial charge in [0.25, 0.3) is 0 Å². The minimum atomic E-state index is -1.69. The SMILES string of the molecule is NC(O)(Cl)c1cccs1. The highest BCUT2D eigenvalue weighted by molar-refractivity contribution is 7.10. The van der Waals surface area contributed by atoms with Crippen molar-refractivity contribution in [3.8, 4) is 0 Å². The molecule has 0 amide bonds. The van der Waals surface area contributed by atoms with E-state index in [0.717, 1.165) is 0 Å². The zero-order valence-corrected chi connectivity index (χ0v) is 6.12. The predicted octanol–water partition coefficient (Wildman–Crippen LogP) is 1.05. The number of thiophene rings is 1. The van der Waals surface area contributed by atoms with Gasteiger partial charge in [-0.25, -0.2) is 0 Å². The Kier molecular flexibility index (Phi) is 1.77. The highest BCUT2D eigenvalue weighted by Gasteiger charge is 2.19. The van der Waals surface area contributed by atoms with Crippen molar-refractivity contribution >= 4 is 22.9 Å². The van der Waals surface area contributed by atoms with Gasteiger partial charge in [-0.05, 0) is 11.4 Å². The monoisotopic (exact) mass is 163 g/mol. The van der Waals surface area contributed by atoms with Crippen molar-refractivity contribution in [2.45, 2.75) is 5.18 Å². The van der Waals surface area contributed by atoms with Crippen molar-refractivity contribution in [3.05, 3.63) is 22.4 Å². The first-order valence-electron chi connectivity index (χ1n) is 2.35. The fourth-order valence-corrected chi connectivity index (χ4v) is 1.30. The molecule has 0 bridgehead atoms. The van der Waals surface area contributed by atoms with Gasteiger partial charge in [0.2, 0.25) is 5.18 Å². The molecule has 1 aromatic heterocycles. The van der Waals surface area contributed by atoms with Crippen molar-refractivity contribution in [1.82, 2.24) is 0 Å². The maximum absolute atomic E-state index is 8.93. The van der Waals surface area contributed by atoms with Gasteiger partial charge in [0.1, 0.15) is 0 Å². The topological polar surface area (TPSA) is 46.2 Å². The number of alkyl halides is 1. The van der Waals surface area contributed by atoms with Gasteiger partial charge in [0, 0.05) is 0 Å². The summed E-state index contributed by atoms with van der Waals surface area (Å²) in [5.41, 5.74) is 5.13. The van der Waals surface area contributed by atoms with Crippen LogP contribution in [0.4, 0.5) is 0 Å². The molecule has 0 aliphatic rings. The van der Waals surface area contributed by atoms with Crippen molar-refractivity contribution in [3.63, 3.8) is 0 Å². The summed E-state index contributed by atoms with van der Waals surface area (Å²) in [5.74, 6) is 0. The number of nitrogens with two attached hydrogens (primary N) is 1. The Hall–Kier alpha value is -0.0900. The summed E-state index contributed by atoms with van der Waals surface area (Å²) in [5, 5.41) is 9.05.